The molecular formula is C12H25N3O. The molecule has 0 spiro atoms. The van der Waals surface area contributed by atoms with Crippen LogP contribution in [-0.4, -0.2) is 30.8 Å². The molecule has 16 heavy (non-hydrogen) atoms. The molecule has 1 saturated heterocycles. The first-order valence-electron chi connectivity index (χ1n) is 6.17. The number of hydrogen-bond donors (Lipinski definition) is 2. The zero-order valence-electron chi connectivity index (χ0n) is 10.8. The molecule has 4 nitrogen and oxygen atoms in total. The van der Waals surface area contributed by atoms with Gasteiger partial charge in [0.15, 0.2) is 5.96 Å². The zero-order valence-corrected chi connectivity index (χ0v) is 10.8. The van der Waals surface area contributed by atoms with Crippen molar-refractivity contribution in [2.45, 2.75) is 58.1 Å². The molecule has 4 heteroatoms. The van der Waals surface area contributed by atoms with E-state index in [1.165, 1.54) is 19.3 Å². The molecule has 0 aliphatic carbocycles. The Morgan fingerprint density at radius 1 is 1.44 bits per heavy atom. The predicted molar refractivity (Wildman–Crippen MR) is 67.6 cm³/mol. The average molecular weight is 227 g/mol. The van der Waals surface area contributed by atoms with Crippen LogP contribution in [0.2, 0.25) is 0 Å². The van der Waals surface area contributed by atoms with Crippen molar-refractivity contribution in [3.05, 3.63) is 0 Å². The van der Waals surface area contributed by atoms with Gasteiger partial charge in [-0.3, -0.25) is 4.99 Å². The molecule has 94 valence electrons. The molecule has 1 fully saturated rings. The Hall–Kier alpha value is -0.770. The maximum absolute atomic E-state index is 5.77. The summed E-state index contributed by atoms with van der Waals surface area (Å²) in [5.41, 5.74) is 5.75. The highest BCUT2D eigenvalue weighted by molar-refractivity contribution is 5.78. The largest absolute Gasteiger partial charge is 0.378 e. The second-order valence-electron chi connectivity index (χ2n) is 5.42. The van der Waals surface area contributed by atoms with Crippen LogP contribution in [-0.2, 0) is 4.74 Å². The molecule has 1 rings (SSSR count). The summed E-state index contributed by atoms with van der Waals surface area (Å²) < 4.78 is 5.63. The Balaban J connectivity index is 2.19. The standard InChI is InChI=1S/C12H25N3O/c1-12(2,3)15-11(13)14-8-7-10-6-4-5-9-16-10/h10H,4-9H2,1-3H3,(H3,13,14,15). The average Bonchev–Trinajstić information content (AvgIpc) is 2.16. The number of nitrogens with one attached hydrogen (secondary N) is 1. The number of ether oxygens (including phenoxy) is 1. The fourth-order valence-electron chi connectivity index (χ4n) is 1.79. The van der Waals surface area contributed by atoms with Crippen molar-refractivity contribution in [3.63, 3.8) is 0 Å². The van der Waals surface area contributed by atoms with Crippen LogP contribution in [0.1, 0.15) is 46.5 Å². The van der Waals surface area contributed by atoms with Gasteiger partial charge in [0.1, 0.15) is 0 Å². The Labute approximate surface area is 98.6 Å². The smallest absolute Gasteiger partial charge is 0.188 e. The summed E-state index contributed by atoms with van der Waals surface area (Å²) >= 11 is 0. The fourth-order valence-corrected chi connectivity index (χ4v) is 1.79. The number of hydrogen-bond acceptors (Lipinski definition) is 2. The third-order valence-electron chi connectivity index (χ3n) is 2.51. The molecule has 0 aromatic rings. The lowest BCUT2D eigenvalue weighted by molar-refractivity contribution is 0.0129. The number of aliphatic imine (C=N–C) groups is 1. The third kappa shape index (κ3) is 5.95. The molecule has 0 bridgehead atoms. The topological polar surface area (TPSA) is 59.6 Å². The van der Waals surface area contributed by atoms with Gasteiger partial charge in [-0.1, -0.05) is 0 Å². The summed E-state index contributed by atoms with van der Waals surface area (Å²) in [6, 6.07) is 0. The van der Waals surface area contributed by atoms with Crippen LogP contribution in [0.4, 0.5) is 0 Å². The Bertz CT molecular complexity index is 227. The second kappa shape index (κ2) is 6.09. The summed E-state index contributed by atoms with van der Waals surface area (Å²) in [5.74, 6) is 0.531. The Morgan fingerprint density at radius 3 is 2.75 bits per heavy atom. The highest BCUT2D eigenvalue weighted by Crippen LogP contribution is 2.15. The minimum atomic E-state index is -0.0189. The van der Waals surface area contributed by atoms with E-state index < -0.39 is 0 Å². The van der Waals surface area contributed by atoms with E-state index in [2.05, 4.69) is 31.1 Å². The van der Waals surface area contributed by atoms with E-state index in [1.54, 1.807) is 0 Å². The SMILES string of the molecule is CC(C)(C)NC(N)=NCCC1CCCCO1. The van der Waals surface area contributed by atoms with Crippen LogP contribution in [0.3, 0.4) is 0 Å². The van der Waals surface area contributed by atoms with Gasteiger partial charge in [0.25, 0.3) is 0 Å². The molecule has 0 amide bonds. The summed E-state index contributed by atoms with van der Waals surface area (Å²) in [7, 11) is 0. The van der Waals surface area contributed by atoms with Gasteiger partial charge in [-0.2, -0.15) is 0 Å². The predicted octanol–water partition coefficient (Wildman–Crippen LogP) is 1.65. The van der Waals surface area contributed by atoms with E-state index in [4.69, 9.17) is 10.5 Å². The molecule has 1 aliphatic heterocycles. The van der Waals surface area contributed by atoms with Gasteiger partial charge in [0.2, 0.25) is 0 Å². The lowest BCUT2D eigenvalue weighted by Crippen LogP contribution is -2.45. The zero-order chi connectivity index (χ0) is 12.0. The third-order valence-corrected chi connectivity index (χ3v) is 2.51. The minimum Gasteiger partial charge on any atom is -0.378 e. The first-order chi connectivity index (χ1) is 7.47. The highest BCUT2D eigenvalue weighted by Gasteiger charge is 2.13. The molecule has 1 heterocycles. The lowest BCUT2D eigenvalue weighted by atomic mass is 10.1. The van der Waals surface area contributed by atoms with E-state index in [0.717, 1.165) is 19.6 Å². The first-order valence-corrected chi connectivity index (χ1v) is 6.17. The van der Waals surface area contributed by atoms with E-state index in [0.29, 0.717) is 12.1 Å². The van der Waals surface area contributed by atoms with Gasteiger partial charge < -0.3 is 15.8 Å². The number of guanidine groups is 1. The van der Waals surface area contributed by atoms with Crippen LogP contribution in [0.5, 0.6) is 0 Å². The summed E-state index contributed by atoms with van der Waals surface area (Å²) in [5, 5.41) is 3.14. The minimum absolute atomic E-state index is 0.0189. The quantitative estimate of drug-likeness (QED) is 0.569. The second-order valence-corrected chi connectivity index (χ2v) is 5.42. The molecule has 1 atom stereocenters. The maximum atomic E-state index is 5.77. The lowest BCUT2D eigenvalue weighted by Gasteiger charge is -2.23. The fraction of sp³-hybridized carbons (Fsp3) is 0.917. The summed E-state index contributed by atoms with van der Waals surface area (Å²) in [4.78, 5) is 4.31. The summed E-state index contributed by atoms with van der Waals surface area (Å²) in [6.07, 6.45) is 5.02. The molecule has 1 aliphatic rings. The van der Waals surface area contributed by atoms with Crippen molar-refractivity contribution in [2.75, 3.05) is 13.2 Å². The van der Waals surface area contributed by atoms with Gasteiger partial charge in [0, 0.05) is 18.7 Å². The number of nitrogens with two attached hydrogens (primary N) is 1. The van der Waals surface area contributed by atoms with Crippen molar-refractivity contribution < 1.29 is 4.74 Å². The molecular weight excluding hydrogens is 202 g/mol. The molecule has 1 unspecified atom stereocenters. The molecule has 0 saturated carbocycles. The van der Waals surface area contributed by atoms with Crippen LogP contribution in [0, 0.1) is 0 Å². The molecule has 0 aromatic heterocycles. The Morgan fingerprint density at radius 2 is 2.19 bits per heavy atom. The van der Waals surface area contributed by atoms with Crippen LogP contribution in [0.25, 0.3) is 0 Å². The number of nitrogens with zero attached hydrogens (tertiary/aromatic N) is 1. The number of rotatable bonds is 3. The summed E-state index contributed by atoms with van der Waals surface area (Å²) in [6.45, 7) is 7.86. The molecule has 3 N–H and O–H groups in total. The van der Waals surface area contributed by atoms with E-state index >= 15 is 0 Å². The van der Waals surface area contributed by atoms with E-state index in [-0.39, 0.29) is 5.54 Å². The van der Waals surface area contributed by atoms with E-state index in [9.17, 15) is 0 Å². The van der Waals surface area contributed by atoms with Crippen molar-refractivity contribution in [1.29, 1.82) is 0 Å². The van der Waals surface area contributed by atoms with Gasteiger partial charge in [-0.15, -0.1) is 0 Å². The molecule has 0 aromatic carbocycles. The Kier molecular flexibility index (Phi) is 5.06. The van der Waals surface area contributed by atoms with Crippen LogP contribution in [0.15, 0.2) is 4.99 Å². The van der Waals surface area contributed by atoms with Gasteiger partial charge in [0.05, 0.1) is 6.10 Å². The van der Waals surface area contributed by atoms with Gasteiger partial charge in [-0.05, 0) is 46.5 Å². The monoisotopic (exact) mass is 227 g/mol. The van der Waals surface area contributed by atoms with Crippen molar-refractivity contribution >= 4 is 5.96 Å². The van der Waals surface area contributed by atoms with Crippen molar-refractivity contribution in [3.8, 4) is 0 Å². The highest BCUT2D eigenvalue weighted by atomic mass is 16.5. The van der Waals surface area contributed by atoms with Gasteiger partial charge in [-0.25, -0.2) is 0 Å². The van der Waals surface area contributed by atoms with Gasteiger partial charge >= 0.3 is 0 Å². The van der Waals surface area contributed by atoms with Crippen molar-refractivity contribution in [2.24, 2.45) is 10.7 Å². The molecule has 0 radical (unpaired) electrons. The van der Waals surface area contributed by atoms with Crippen molar-refractivity contribution in [1.82, 2.24) is 5.32 Å². The maximum Gasteiger partial charge on any atom is 0.188 e. The normalized spacial score (nSPS) is 23.2. The first kappa shape index (κ1) is 13.3. The van der Waals surface area contributed by atoms with E-state index in [1.807, 2.05) is 0 Å². The van der Waals surface area contributed by atoms with Crippen LogP contribution < -0.4 is 11.1 Å². The van der Waals surface area contributed by atoms with Crippen LogP contribution >= 0.6 is 0 Å².